The average molecular weight is 472 g/mol. The van der Waals surface area contributed by atoms with Crippen molar-refractivity contribution in [3.8, 4) is 5.75 Å². The van der Waals surface area contributed by atoms with Gasteiger partial charge in [-0.15, -0.1) is 0 Å². The van der Waals surface area contributed by atoms with Gasteiger partial charge in [0.15, 0.2) is 0 Å². The van der Waals surface area contributed by atoms with Gasteiger partial charge in [0.1, 0.15) is 11.5 Å². The van der Waals surface area contributed by atoms with Crippen molar-refractivity contribution in [3.05, 3.63) is 106 Å². The molecule has 1 heterocycles. The lowest BCUT2D eigenvalue weighted by atomic mass is 9.93. The number of phenolic OH excluding ortho intramolecular Hbond substituents is 1. The predicted octanol–water partition coefficient (Wildman–Crippen LogP) is 4.42. The third kappa shape index (κ3) is 4.53. The van der Waals surface area contributed by atoms with Crippen molar-refractivity contribution in [2.45, 2.75) is 26.4 Å². The second kappa shape index (κ2) is 9.46. The molecule has 0 spiro atoms. The highest BCUT2D eigenvalue weighted by molar-refractivity contribution is 6.46. The van der Waals surface area contributed by atoms with Crippen LogP contribution in [0.3, 0.4) is 0 Å². The van der Waals surface area contributed by atoms with E-state index in [1.165, 1.54) is 24.1 Å². The van der Waals surface area contributed by atoms with Gasteiger partial charge in [-0.3, -0.25) is 9.59 Å². The minimum Gasteiger partial charge on any atom is -0.508 e. The molecule has 2 N–H and O–H groups in total. The Kier molecular flexibility index (Phi) is 6.42. The summed E-state index contributed by atoms with van der Waals surface area (Å²) >= 11 is 0. The van der Waals surface area contributed by atoms with E-state index in [2.05, 4.69) is 0 Å². The maximum atomic E-state index is 13.2. The van der Waals surface area contributed by atoms with Crippen LogP contribution in [0.25, 0.3) is 5.76 Å². The minimum absolute atomic E-state index is 0.0134. The molecule has 1 aliphatic heterocycles. The van der Waals surface area contributed by atoms with Gasteiger partial charge in [0, 0.05) is 12.1 Å². The van der Waals surface area contributed by atoms with Crippen molar-refractivity contribution < 1.29 is 29.3 Å². The maximum absolute atomic E-state index is 13.2. The molecule has 7 nitrogen and oxygen atoms in total. The molecule has 0 radical (unpaired) electrons. The van der Waals surface area contributed by atoms with Crippen LogP contribution in [0, 0.1) is 13.8 Å². The number of ketones is 1. The highest BCUT2D eigenvalue weighted by Gasteiger charge is 2.46. The normalized spacial score (nSPS) is 17.0. The summed E-state index contributed by atoms with van der Waals surface area (Å²) in [5, 5.41) is 21.1. The molecule has 3 aromatic carbocycles. The SMILES string of the molecule is COC(=O)c1ccc(CN2C(=O)C(=O)/C(=C(/O)c3cc(C)ccc3C)C2c2ccc(O)cc2)cc1. The number of rotatable bonds is 5. The van der Waals surface area contributed by atoms with Gasteiger partial charge in [-0.2, -0.15) is 0 Å². The Labute approximate surface area is 202 Å². The number of amides is 1. The smallest absolute Gasteiger partial charge is 0.337 e. The van der Waals surface area contributed by atoms with Crippen LogP contribution in [0.15, 0.2) is 72.3 Å². The molecular weight excluding hydrogens is 446 g/mol. The fourth-order valence-corrected chi connectivity index (χ4v) is 4.24. The Bertz CT molecular complexity index is 1340. The van der Waals surface area contributed by atoms with Crippen molar-refractivity contribution in [2.24, 2.45) is 0 Å². The van der Waals surface area contributed by atoms with Crippen molar-refractivity contribution in [1.82, 2.24) is 4.90 Å². The molecule has 1 amide bonds. The van der Waals surface area contributed by atoms with Crippen LogP contribution in [0.4, 0.5) is 0 Å². The van der Waals surface area contributed by atoms with E-state index in [1.807, 2.05) is 26.0 Å². The molecule has 1 aliphatic rings. The Morgan fingerprint density at radius 2 is 1.63 bits per heavy atom. The van der Waals surface area contributed by atoms with Crippen LogP contribution >= 0.6 is 0 Å². The zero-order valence-electron chi connectivity index (χ0n) is 19.6. The quantitative estimate of drug-likeness (QED) is 0.247. The van der Waals surface area contributed by atoms with Crippen molar-refractivity contribution in [1.29, 1.82) is 0 Å². The summed E-state index contributed by atoms with van der Waals surface area (Å²) in [6.07, 6.45) is 0. The second-order valence-corrected chi connectivity index (χ2v) is 8.53. The number of aryl methyl sites for hydroxylation is 2. The van der Waals surface area contributed by atoms with Gasteiger partial charge in [0.2, 0.25) is 0 Å². The van der Waals surface area contributed by atoms with Gasteiger partial charge in [-0.1, -0.05) is 42.0 Å². The number of Topliss-reactive ketones (excluding diaryl/α,β-unsaturated/α-hetero) is 1. The number of carbonyl (C=O) groups is 3. The van der Waals surface area contributed by atoms with E-state index in [9.17, 15) is 24.6 Å². The Balaban J connectivity index is 1.82. The summed E-state index contributed by atoms with van der Waals surface area (Å²) in [6.45, 7) is 3.77. The molecule has 1 fully saturated rings. The predicted molar refractivity (Wildman–Crippen MR) is 130 cm³/mol. The number of aliphatic hydroxyl groups is 1. The van der Waals surface area contributed by atoms with E-state index in [4.69, 9.17) is 4.74 Å². The maximum Gasteiger partial charge on any atom is 0.337 e. The molecule has 3 aromatic rings. The number of likely N-dealkylation sites (tertiary alicyclic amines) is 1. The first-order chi connectivity index (χ1) is 16.7. The third-order valence-corrected chi connectivity index (χ3v) is 6.12. The summed E-state index contributed by atoms with van der Waals surface area (Å²) in [4.78, 5) is 39.6. The fourth-order valence-electron chi connectivity index (χ4n) is 4.24. The Hall–Kier alpha value is -4.39. The van der Waals surface area contributed by atoms with Crippen LogP contribution in [-0.4, -0.2) is 39.9 Å². The van der Waals surface area contributed by atoms with Crippen LogP contribution in [0.2, 0.25) is 0 Å². The monoisotopic (exact) mass is 471 g/mol. The largest absolute Gasteiger partial charge is 0.508 e. The molecule has 1 saturated heterocycles. The zero-order valence-corrected chi connectivity index (χ0v) is 19.6. The molecule has 35 heavy (non-hydrogen) atoms. The number of hydrogen-bond acceptors (Lipinski definition) is 6. The van der Waals surface area contributed by atoms with Crippen LogP contribution < -0.4 is 0 Å². The zero-order chi connectivity index (χ0) is 25.3. The number of phenols is 1. The number of aliphatic hydroxyl groups excluding tert-OH is 1. The van der Waals surface area contributed by atoms with Crippen LogP contribution in [-0.2, 0) is 20.9 Å². The number of carbonyl (C=O) groups excluding carboxylic acids is 3. The second-order valence-electron chi connectivity index (χ2n) is 8.53. The number of aromatic hydroxyl groups is 1. The van der Waals surface area contributed by atoms with Crippen molar-refractivity contribution >= 4 is 23.4 Å². The molecule has 7 heteroatoms. The molecule has 1 atom stereocenters. The van der Waals surface area contributed by atoms with Gasteiger partial charge in [0.25, 0.3) is 11.7 Å². The number of benzene rings is 3. The highest BCUT2D eigenvalue weighted by Crippen LogP contribution is 2.41. The highest BCUT2D eigenvalue weighted by atomic mass is 16.5. The average Bonchev–Trinajstić information content (AvgIpc) is 3.10. The van der Waals surface area contributed by atoms with Crippen molar-refractivity contribution in [3.63, 3.8) is 0 Å². The molecule has 0 saturated carbocycles. The van der Waals surface area contributed by atoms with Gasteiger partial charge in [-0.25, -0.2) is 4.79 Å². The first-order valence-corrected chi connectivity index (χ1v) is 11.0. The van der Waals surface area contributed by atoms with E-state index < -0.39 is 23.7 Å². The number of ether oxygens (including phenoxy) is 1. The third-order valence-electron chi connectivity index (χ3n) is 6.12. The van der Waals surface area contributed by atoms with Crippen LogP contribution in [0.5, 0.6) is 5.75 Å². The Morgan fingerprint density at radius 1 is 0.971 bits per heavy atom. The van der Waals surface area contributed by atoms with Crippen LogP contribution in [0.1, 0.15) is 44.2 Å². The lowest BCUT2D eigenvalue weighted by Crippen LogP contribution is -2.29. The van der Waals surface area contributed by atoms with E-state index in [-0.39, 0.29) is 23.6 Å². The standard InChI is InChI=1S/C28H25NO6/c1-16-4-5-17(2)22(14-16)25(31)23-24(19-10-12-21(30)13-11-19)29(27(33)26(23)32)15-18-6-8-20(9-7-18)28(34)35-3/h4-14,24,30-31H,15H2,1-3H3/b25-23+. The number of nitrogens with zero attached hydrogens (tertiary/aromatic N) is 1. The van der Waals surface area contributed by atoms with Gasteiger partial charge in [-0.05, 0) is 60.9 Å². The number of hydrogen-bond donors (Lipinski definition) is 2. The summed E-state index contributed by atoms with van der Waals surface area (Å²) in [6, 6.07) is 17.4. The molecule has 0 aromatic heterocycles. The molecule has 178 valence electrons. The van der Waals surface area contributed by atoms with Gasteiger partial charge < -0.3 is 19.8 Å². The fraction of sp³-hybridized carbons (Fsp3) is 0.179. The molecule has 1 unspecified atom stereocenters. The first kappa shape index (κ1) is 23.8. The summed E-state index contributed by atoms with van der Waals surface area (Å²) in [5.74, 6) is -2.21. The number of esters is 1. The van der Waals surface area contributed by atoms with E-state index in [1.54, 1.807) is 42.5 Å². The summed E-state index contributed by atoms with van der Waals surface area (Å²) < 4.78 is 4.72. The minimum atomic E-state index is -0.865. The van der Waals surface area contributed by atoms with E-state index in [0.29, 0.717) is 22.3 Å². The molecule has 4 rings (SSSR count). The molecular formula is C28H25NO6. The Morgan fingerprint density at radius 3 is 2.26 bits per heavy atom. The summed E-state index contributed by atoms with van der Waals surface area (Å²) in [7, 11) is 1.29. The van der Waals surface area contributed by atoms with Crippen molar-refractivity contribution in [2.75, 3.05) is 7.11 Å². The van der Waals surface area contributed by atoms with E-state index >= 15 is 0 Å². The number of methoxy groups -OCH3 is 1. The van der Waals surface area contributed by atoms with Gasteiger partial charge in [0.05, 0.1) is 24.3 Å². The summed E-state index contributed by atoms with van der Waals surface area (Å²) in [5.41, 5.74) is 3.76. The first-order valence-electron chi connectivity index (χ1n) is 11.0. The lowest BCUT2D eigenvalue weighted by Gasteiger charge is -2.25. The van der Waals surface area contributed by atoms with Gasteiger partial charge >= 0.3 is 5.97 Å². The topological polar surface area (TPSA) is 104 Å². The molecule has 0 bridgehead atoms. The van der Waals surface area contributed by atoms with E-state index in [0.717, 1.165) is 11.1 Å². The molecule has 0 aliphatic carbocycles. The lowest BCUT2D eigenvalue weighted by molar-refractivity contribution is -0.140.